The summed E-state index contributed by atoms with van der Waals surface area (Å²) in [6, 6.07) is 0.630. The molecule has 0 bridgehead atoms. The van der Waals surface area contributed by atoms with E-state index in [0.717, 1.165) is 0 Å². The van der Waals surface area contributed by atoms with E-state index in [2.05, 4.69) is 31.2 Å². The Kier molecular flexibility index (Phi) is 4.64. The summed E-state index contributed by atoms with van der Waals surface area (Å²) in [6.45, 7) is 0. The fourth-order valence-corrected chi connectivity index (χ4v) is 1.91. The van der Waals surface area contributed by atoms with Crippen LogP contribution in [0.2, 0.25) is 0 Å². The van der Waals surface area contributed by atoms with Gasteiger partial charge in [-0.1, -0.05) is 0 Å². The zero-order valence-electron chi connectivity index (χ0n) is 11.2. The summed E-state index contributed by atoms with van der Waals surface area (Å²) in [5, 5.41) is 23.9. The van der Waals surface area contributed by atoms with E-state index in [0.29, 0.717) is 10.5 Å². The van der Waals surface area contributed by atoms with E-state index < -0.39 is 38.6 Å². The Balaban J connectivity index is 2.68. The molecule has 24 heavy (non-hydrogen) atoms. The Labute approximate surface area is 139 Å². The van der Waals surface area contributed by atoms with Crippen LogP contribution in [0.5, 0.6) is 0 Å². The van der Waals surface area contributed by atoms with E-state index in [1.807, 2.05) is 0 Å². The molecule has 0 aliphatic rings. The van der Waals surface area contributed by atoms with Crippen molar-refractivity contribution in [1.82, 2.24) is 9.97 Å². The Bertz CT molecular complexity index is 813. The van der Waals surface area contributed by atoms with Crippen LogP contribution in [0.15, 0.2) is 29.0 Å². The smallest absolute Gasteiger partial charge is 0.318 e. The molecule has 2 aromatic rings. The molecular formula is C11H5BrF3N5O4. The second-order valence-corrected chi connectivity index (χ2v) is 5.16. The Hall–Kier alpha value is -2.83. The van der Waals surface area contributed by atoms with Gasteiger partial charge in [0.25, 0.3) is 11.4 Å². The molecule has 0 saturated carbocycles. The normalized spacial score (nSPS) is 11.2. The molecule has 0 amide bonds. The standard InChI is InChI=1S/C11H5BrF3N5O4/c12-5-3-16-10(17-4-5)18-9-7(11(13,14)15)1-6(19(21)22)2-8(9)20(23)24/h1-4H,(H,16,17,18). The van der Waals surface area contributed by atoms with Gasteiger partial charge in [0, 0.05) is 18.5 Å². The lowest BCUT2D eigenvalue weighted by Crippen LogP contribution is -2.12. The van der Waals surface area contributed by atoms with E-state index in [9.17, 15) is 33.4 Å². The number of anilines is 2. The zero-order chi connectivity index (χ0) is 18.1. The number of benzene rings is 1. The topological polar surface area (TPSA) is 124 Å². The Morgan fingerprint density at radius 3 is 2.12 bits per heavy atom. The number of non-ortho nitro benzene ring substituents is 1. The van der Waals surface area contributed by atoms with Gasteiger partial charge in [-0.2, -0.15) is 13.2 Å². The highest BCUT2D eigenvalue weighted by atomic mass is 79.9. The van der Waals surface area contributed by atoms with E-state index in [1.165, 1.54) is 12.4 Å². The van der Waals surface area contributed by atoms with Crippen LogP contribution in [0.1, 0.15) is 5.56 Å². The molecule has 0 spiro atoms. The third kappa shape index (κ3) is 3.73. The third-order valence-corrected chi connectivity index (χ3v) is 3.08. The van der Waals surface area contributed by atoms with E-state index in [-0.39, 0.29) is 12.0 Å². The van der Waals surface area contributed by atoms with Crippen molar-refractivity contribution in [3.63, 3.8) is 0 Å². The molecule has 2 rings (SSSR count). The lowest BCUT2D eigenvalue weighted by atomic mass is 10.1. The summed E-state index contributed by atoms with van der Waals surface area (Å²) in [5.74, 6) is -0.347. The van der Waals surface area contributed by atoms with Crippen LogP contribution in [0.25, 0.3) is 0 Å². The van der Waals surface area contributed by atoms with Crippen LogP contribution < -0.4 is 5.32 Å². The molecule has 126 valence electrons. The van der Waals surface area contributed by atoms with E-state index in [4.69, 9.17) is 0 Å². The molecule has 0 fully saturated rings. The number of nitro groups is 2. The van der Waals surface area contributed by atoms with Crippen molar-refractivity contribution in [3.8, 4) is 0 Å². The molecule has 1 aromatic carbocycles. The third-order valence-electron chi connectivity index (χ3n) is 2.67. The quantitative estimate of drug-likeness (QED) is 0.603. The van der Waals surface area contributed by atoms with E-state index in [1.54, 1.807) is 0 Å². The SMILES string of the molecule is O=[N+]([O-])c1cc([N+](=O)[O-])c(Nc2ncc(Br)cn2)c(C(F)(F)F)c1. The summed E-state index contributed by atoms with van der Waals surface area (Å²) in [6.07, 6.45) is -2.66. The van der Waals surface area contributed by atoms with Crippen LogP contribution in [-0.2, 0) is 6.18 Å². The molecule has 1 heterocycles. The van der Waals surface area contributed by atoms with Crippen LogP contribution in [0.3, 0.4) is 0 Å². The van der Waals surface area contributed by atoms with Gasteiger partial charge in [-0.15, -0.1) is 0 Å². The minimum absolute atomic E-state index is 0.203. The van der Waals surface area contributed by atoms with Crippen molar-refractivity contribution in [2.75, 3.05) is 5.32 Å². The van der Waals surface area contributed by atoms with Crippen molar-refractivity contribution in [3.05, 3.63) is 54.8 Å². The van der Waals surface area contributed by atoms with Crippen LogP contribution >= 0.6 is 15.9 Å². The Morgan fingerprint density at radius 2 is 1.67 bits per heavy atom. The van der Waals surface area contributed by atoms with Gasteiger partial charge in [0.15, 0.2) is 0 Å². The van der Waals surface area contributed by atoms with Gasteiger partial charge in [-0.05, 0) is 15.9 Å². The summed E-state index contributed by atoms with van der Waals surface area (Å²) >= 11 is 3.02. The Morgan fingerprint density at radius 1 is 1.08 bits per heavy atom. The number of alkyl halides is 3. The van der Waals surface area contributed by atoms with Gasteiger partial charge in [0.1, 0.15) is 5.69 Å². The van der Waals surface area contributed by atoms with Gasteiger partial charge in [-0.25, -0.2) is 9.97 Å². The molecule has 0 unspecified atom stereocenters. The summed E-state index contributed by atoms with van der Waals surface area (Å²) < 4.78 is 39.9. The number of nitrogens with one attached hydrogen (secondary N) is 1. The van der Waals surface area contributed by atoms with Gasteiger partial charge < -0.3 is 5.32 Å². The first kappa shape index (κ1) is 17.5. The second kappa shape index (κ2) is 6.35. The number of nitrogens with zero attached hydrogens (tertiary/aromatic N) is 4. The molecule has 0 aliphatic heterocycles. The van der Waals surface area contributed by atoms with Crippen molar-refractivity contribution in [1.29, 1.82) is 0 Å². The molecular weight excluding hydrogens is 403 g/mol. The monoisotopic (exact) mass is 407 g/mol. The van der Waals surface area contributed by atoms with Crippen molar-refractivity contribution >= 4 is 38.9 Å². The molecule has 1 aromatic heterocycles. The lowest BCUT2D eigenvalue weighted by molar-refractivity contribution is -0.394. The van der Waals surface area contributed by atoms with Crippen molar-refractivity contribution in [2.24, 2.45) is 0 Å². The van der Waals surface area contributed by atoms with Crippen molar-refractivity contribution < 1.29 is 23.0 Å². The first-order chi connectivity index (χ1) is 11.1. The summed E-state index contributed by atoms with van der Waals surface area (Å²) in [7, 11) is 0. The average molecular weight is 408 g/mol. The van der Waals surface area contributed by atoms with Crippen LogP contribution in [-0.4, -0.2) is 19.8 Å². The number of aromatic nitrogens is 2. The van der Waals surface area contributed by atoms with E-state index >= 15 is 0 Å². The molecule has 0 atom stereocenters. The number of rotatable bonds is 4. The van der Waals surface area contributed by atoms with Crippen molar-refractivity contribution in [2.45, 2.75) is 6.18 Å². The minimum atomic E-state index is -5.07. The predicted molar refractivity (Wildman–Crippen MR) is 77.8 cm³/mol. The molecule has 0 saturated heterocycles. The van der Waals surface area contributed by atoms with Gasteiger partial charge >= 0.3 is 6.18 Å². The molecule has 1 N–H and O–H groups in total. The number of nitro benzene ring substituents is 2. The second-order valence-electron chi connectivity index (χ2n) is 4.25. The van der Waals surface area contributed by atoms with Gasteiger partial charge in [0.2, 0.25) is 5.95 Å². The molecule has 13 heteroatoms. The fourth-order valence-electron chi connectivity index (χ4n) is 1.70. The largest absolute Gasteiger partial charge is 0.418 e. The summed E-state index contributed by atoms with van der Waals surface area (Å²) in [5.41, 5.74) is -4.74. The highest BCUT2D eigenvalue weighted by Gasteiger charge is 2.39. The first-order valence-corrected chi connectivity index (χ1v) is 6.67. The predicted octanol–water partition coefficient (Wildman–Crippen LogP) is 3.82. The highest BCUT2D eigenvalue weighted by molar-refractivity contribution is 9.10. The summed E-state index contributed by atoms with van der Waals surface area (Å²) in [4.78, 5) is 26.8. The maximum Gasteiger partial charge on any atom is 0.418 e. The highest BCUT2D eigenvalue weighted by Crippen LogP contribution is 2.43. The zero-order valence-corrected chi connectivity index (χ0v) is 12.8. The molecule has 9 nitrogen and oxygen atoms in total. The maximum absolute atomic E-state index is 13.2. The molecule has 0 aliphatic carbocycles. The molecule has 0 radical (unpaired) electrons. The number of hydrogen-bond acceptors (Lipinski definition) is 7. The maximum atomic E-state index is 13.2. The van der Waals surface area contributed by atoms with Gasteiger partial charge in [-0.3, -0.25) is 20.2 Å². The van der Waals surface area contributed by atoms with Gasteiger partial charge in [0.05, 0.1) is 25.9 Å². The van der Waals surface area contributed by atoms with Crippen LogP contribution in [0.4, 0.5) is 36.2 Å². The first-order valence-electron chi connectivity index (χ1n) is 5.88. The van der Waals surface area contributed by atoms with Crippen LogP contribution in [0, 0.1) is 20.2 Å². The lowest BCUT2D eigenvalue weighted by Gasteiger charge is -2.13. The average Bonchev–Trinajstić information content (AvgIpc) is 2.48. The number of hydrogen-bond donors (Lipinski definition) is 1. The fraction of sp³-hybridized carbons (Fsp3) is 0.0909. The number of halogens is 4. The minimum Gasteiger partial charge on any atom is -0.318 e.